The quantitative estimate of drug-likeness (QED) is 0.763. The maximum absolute atomic E-state index is 12.5. The summed E-state index contributed by atoms with van der Waals surface area (Å²) in [7, 11) is -1.98. The first kappa shape index (κ1) is 17.0. The van der Waals surface area contributed by atoms with Gasteiger partial charge in [-0.05, 0) is 18.2 Å². The number of hydrogen-bond acceptors (Lipinski definition) is 4. The van der Waals surface area contributed by atoms with Crippen molar-refractivity contribution in [3.8, 4) is 0 Å². The lowest BCUT2D eigenvalue weighted by Crippen LogP contribution is -2.33. The van der Waals surface area contributed by atoms with E-state index in [1.807, 2.05) is 0 Å². The van der Waals surface area contributed by atoms with Gasteiger partial charge in [0.25, 0.3) is 0 Å². The van der Waals surface area contributed by atoms with Crippen LogP contribution in [0, 0.1) is 0 Å². The molecule has 1 aliphatic heterocycles. The maximum atomic E-state index is 12.5. The fourth-order valence-electron chi connectivity index (χ4n) is 1.81. The van der Waals surface area contributed by atoms with Gasteiger partial charge in [0.1, 0.15) is 5.70 Å². The zero-order chi connectivity index (χ0) is 17.4. The van der Waals surface area contributed by atoms with E-state index in [4.69, 9.17) is 0 Å². The van der Waals surface area contributed by atoms with E-state index in [2.05, 4.69) is 9.13 Å². The number of carbonyl (C=O) groups is 1. The number of alkyl halides is 3. The Hall–Kier alpha value is -2.36. The summed E-state index contributed by atoms with van der Waals surface area (Å²) in [5, 5.41) is 0. The second-order valence-corrected chi connectivity index (χ2v) is 6.14. The van der Waals surface area contributed by atoms with Crippen molar-refractivity contribution in [2.45, 2.75) is 6.18 Å². The van der Waals surface area contributed by atoms with Gasteiger partial charge >= 0.3 is 22.4 Å². The zero-order valence-electron chi connectivity index (χ0n) is 12.0. The average Bonchev–Trinajstić information content (AvgIpc) is 2.48. The van der Waals surface area contributed by atoms with Crippen LogP contribution >= 0.6 is 0 Å². The van der Waals surface area contributed by atoms with E-state index in [9.17, 15) is 26.4 Å². The Balaban J connectivity index is 2.50. The standard InChI is InChI=1S/C13H11F3N2O4S/c1-18-11(12(19)22-2)7-10(17-23(18,20)21)8-3-5-9(6-4-8)13(14,15)16/h3-7H,1-2H3. The molecular weight excluding hydrogens is 337 g/mol. The highest BCUT2D eigenvalue weighted by atomic mass is 32.2. The smallest absolute Gasteiger partial charge is 0.416 e. The Labute approximate surface area is 130 Å². The molecule has 0 aliphatic carbocycles. The zero-order valence-corrected chi connectivity index (χ0v) is 12.8. The SMILES string of the molecule is COC(=O)C1=CC(c2ccc(C(F)(F)F)cc2)=NS(=O)(=O)N1C. The predicted octanol–water partition coefficient (Wildman–Crippen LogP) is 1.74. The number of allylic oxidation sites excluding steroid dienone is 1. The third-order valence-corrected chi connectivity index (χ3v) is 4.39. The number of ether oxygens (including phenoxy) is 1. The molecule has 0 spiro atoms. The lowest BCUT2D eigenvalue weighted by atomic mass is 10.1. The molecule has 0 radical (unpaired) electrons. The highest BCUT2D eigenvalue weighted by Crippen LogP contribution is 2.29. The van der Waals surface area contributed by atoms with Crippen LogP contribution in [0.25, 0.3) is 0 Å². The maximum Gasteiger partial charge on any atom is 0.416 e. The summed E-state index contributed by atoms with van der Waals surface area (Å²) in [4.78, 5) is 11.6. The van der Waals surface area contributed by atoms with Gasteiger partial charge in [0.2, 0.25) is 0 Å². The second-order valence-electron chi connectivity index (χ2n) is 4.52. The minimum atomic E-state index is -4.51. The first-order valence-electron chi connectivity index (χ1n) is 6.13. The van der Waals surface area contributed by atoms with Crippen LogP contribution in [-0.4, -0.2) is 38.6 Å². The highest BCUT2D eigenvalue weighted by Gasteiger charge is 2.32. The molecule has 0 aromatic heterocycles. The number of esters is 1. The van der Waals surface area contributed by atoms with Crippen LogP contribution in [-0.2, 0) is 25.9 Å². The molecule has 0 N–H and O–H groups in total. The van der Waals surface area contributed by atoms with Crippen molar-refractivity contribution >= 4 is 21.9 Å². The monoisotopic (exact) mass is 348 g/mol. The molecule has 0 bridgehead atoms. The summed E-state index contributed by atoms with van der Waals surface area (Å²) in [6.07, 6.45) is -3.37. The lowest BCUT2D eigenvalue weighted by molar-refractivity contribution is -0.138. The fourth-order valence-corrected chi connectivity index (χ4v) is 2.72. The lowest BCUT2D eigenvalue weighted by Gasteiger charge is -2.22. The molecule has 0 saturated carbocycles. The molecule has 10 heteroatoms. The molecule has 6 nitrogen and oxygen atoms in total. The van der Waals surface area contributed by atoms with Crippen LogP contribution in [0.2, 0.25) is 0 Å². The molecule has 1 heterocycles. The molecule has 0 saturated heterocycles. The van der Waals surface area contributed by atoms with E-state index < -0.39 is 27.9 Å². The van der Waals surface area contributed by atoms with E-state index in [0.29, 0.717) is 4.31 Å². The fraction of sp³-hybridized carbons (Fsp3) is 0.231. The molecule has 0 atom stereocenters. The van der Waals surface area contributed by atoms with Crippen LogP contribution in [0.1, 0.15) is 11.1 Å². The van der Waals surface area contributed by atoms with Crippen molar-refractivity contribution in [3.63, 3.8) is 0 Å². The van der Waals surface area contributed by atoms with Crippen LogP contribution in [0.3, 0.4) is 0 Å². The molecule has 124 valence electrons. The number of halogens is 3. The predicted molar refractivity (Wildman–Crippen MR) is 74.8 cm³/mol. The van der Waals surface area contributed by atoms with Crippen molar-refractivity contribution in [1.29, 1.82) is 0 Å². The molecule has 1 aliphatic rings. The topological polar surface area (TPSA) is 76.0 Å². The molecule has 1 aromatic carbocycles. The third-order valence-electron chi connectivity index (χ3n) is 3.08. The van der Waals surface area contributed by atoms with Crippen molar-refractivity contribution in [3.05, 3.63) is 47.2 Å². The second kappa shape index (κ2) is 5.69. The van der Waals surface area contributed by atoms with E-state index in [-0.39, 0.29) is 17.0 Å². The van der Waals surface area contributed by atoms with Gasteiger partial charge in [0, 0.05) is 12.6 Å². The van der Waals surface area contributed by atoms with Gasteiger partial charge in [-0.1, -0.05) is 12.1 Å². The number of rotatable bonds is 2. The van der Waals surface area contributed by atoms with Crippen molar-refractivity contribution < 1.29 is 31.1 Å². The van der Waals surface area contributed by atoms with Gasteiger partial charge in [-0.2, -0.15) is 21.6 Å². The van der Waals surface area contributed by atoms with E-state index >= 15 is 0 Å². The van der Waals surface area contributed by atoms with Crippen LogP contribution in [0.4, 0.5) is 13.2 Å². The number of hydrogen-bond donors (Lipinski definition) is 0. The Morgan fingerprint density at radius 2 is 1.78 bits per heavy atom. The molecule has 23 heavy (non-hydrogen) atoms. The average molecular weight is 348 g/mol. The number of methoxy groups -OCH3 is 1. The number of benzene rings is 1. The minimum Gasteiger partial charge on any atom is -0.464 e. The summed E-state index contributed by atoms with van der Waals surface area (Å²) >= 11 is 0. The summed E-state index contributed by atoms with van der Waals surface area (Å²) in [6.45, 7) is 0. The van der Waals surface area contributed by atoms with Crippen molar-refractivity contribution in [2.24, 2.45) is 4.40 Å². The normalized spacial score (nSPS) is 17.3. The van der Waals surface area contributed by atoms with Crippen LogP contribution < -0.4 is 0 Å². The highest BCUT2D eigenvalue weighted by molar-refractivity contribution is 7.88. The summed E-state index contributed by atoms with van der Waals surface area (Å²) in [6, 6.07) is 3.75. The Bertz CT molecular complexity index is 796. The van der Waals surface area contributed by atoms with Gasteiger partial charge in [0.15, 0.2) is 0 Å². The first-order chi connectivity index (χ1) is 10.6. The van der Waals surface area contributed by atoms with Gasteiger partial charge < -0.3 is 4.74 Å². The Kier molecular flexibility index (Phi) is 4.20. The Morgan fingerprint density at radius 1 is 1.22 bits per heavy atom. The van der Waals surface area contributed by atoms with Crippen molar-refractivity contribution in [2.75, 3.05) is 14.2 Å². The summed E-state index contributed by atoms with van der Waals surface area (Å²) in [5.41, 5.74) is -1.21. The van der Waals surface area contributed by atoms with E-state index in [0.717, 1.165) is 44.5 Å². The van der Waals surface area contributed by atoms with Gasteiger partial charge in [-0.25, -0.2) is 9.10 Å². The van der Waals surface area contributed by atoms with Gasteiger partial charge in [0.05, 0.1) is 18.4 Å². The first-order valence-corrected chi connectivity index (χ1v) is 7.52. The number of likely N-dealkylation sites (N-methyl/N-ethyl adjacent to an activating group) is 1. The molecule has 1 aromatic rings. The molecule has 2 rings (SSSR count). The van der Waals surface area contributed by atoms with Crippen molar-refractivity contribution in [1.82, 2.24) is 4.31 Å². The summed E-state index contributed by atoms with van der Waals surface area (Å²) in [5.74, 6) is -0.907. The largest absolute Gasteiger partial charge is 0.464 e. The number of nitrogens with zero attached hydrogens (tertiary/aromatic N) is 2. The molecule has 0 amide bonds. The molecule has 0 unspecified atom stereocenters. The minimum absolute atomic E-state index is 0.121. The summed E-state index contributed by atoms with van der Waals surface area (Å²) < 4.78 is 70.1. The third kappa shape index (κ3) is 3.36. The van der Waals surface area contributed by atoms with Crippen LogP contribution in [0.5, 0.6) is 0 Å². The van der Waals surface area contributed by atoms with Gasteiger partial charge in [-0.15, -0.1) is 4.40 Å². The number of carbonyl (C=O) groups excluding carboxylic acids is 1. The molecule has 0 fully saturated rings. The van der Waals surface area contributed by atoms with Crippen LogP contribution in [0.15, 0.2) is 40.4 Å². The van der Waals surface area contributed by atoms with E-state index in [1.165, 1.54) is 0 Å². The Morgan fingerprint density at radius 3 is 2.26 bits per heavy atom. The molecular formula is C13H11F3N2O4S. The van der Waals surface area contributed by atoms with Gasteiger partial charge in [-0.3, -0.25) is 0 Å². The van der Waals surface area contributed by atoms with E-state index in [1.54, 1.807) is 0 Å².